The van der Waals surface area contributed by atoms with Crippen LogP contribution >= 0.6 is 0 Å². The van der Waals surface area contributed by atoms with Crippen molar-refractivity contribution in [3.05, 3.63) is 75.0 Å². The number of benzene rings is 1. The number of methoxy groups -OCH3 is 1. The highest BCUT2D eigenvalue weighted by Crippen LogP contribution is 2.38. The van der Waals surface area contributed by atoms with E-state index in [0.29, 0.717) is 5.56 Å². The zero-order chi connectivity index (χ0) is 35.7. The van der Waals surface area contributed by atoms with Crippen LogP contribution in [0.5, 0.6) is 5.75 Å². The average Bonchev–Trinajstić information content (AvgIpc) is 3.04. The highest BCUT2D eigenvalue weighted by molar-refractivity contribution is 6.31. The van der Waals surface area contributed by atoms with Crippen molar-refractivity contribution in [3.63, 3.8) is 0 Å². The van der Waals surface area contributed by atoms with Gasteiger partial charge in [0, 0.05) is 51.9 Å². The first-order valence-corrected chi connectivity index (χ1v) is 16.0. The van der Waals surface area contributed by atoms with Crippen molar-refractivity contribution in [2.45, 2.75) is 86.7 Å². The molecule has 3 aliphatic rings. The summed E-state index contributed by atoms with van der Waals surface area (Å²) >= 11 is 0. The van der Waals surface area contributed by atoms with Gasteiger partial charge in [-0.3, -0.25) is 19.2 Å². The number of nitrogens with one attached hydrogen (secondary N) is 1. The number of aliphatic hydroxyl groups excluding tert-OH is 4. The fourth-order valence-electron chi connectivity index (χ4n) is 6.51. The Kier molecular flexibility index (Phi) is 12.1. The first kappa shape index (κ1) is 37.8. The number of carbonyl (C=O) groups is 4. The van der Waals surface area contributed by atoms with Gasteiger partial charge in [-0.1, -0.05) is 58.9 Å². The molecule has 9 atom stereocenters. The first-order valence-electron chi connectivity index (χ1n) is 16.0. The predicted molar refractivity (Wildman–Crippen MR) is 178 cm³/mol. The van der Waals surface area contributed by atoms with Crippen LogP contribution in [0.2, 0.25) is 0 Å². The lowest BCUT2D eigenvalue weighted by Gasteiger charge is -2.36. The molecule has 2 aliphatic heterocycles. The van der Waals surface area contributed by atoms with Gasteiger partial charge in [0.25, 0.3) is 5.91 Å². The van der Waals surface area contributed by atoms with Crippen LogP contribution in [0.25, 0.3) is 0 Å². The van der Waals surface area contributed by atoms with Gasteiger partial charge in [0.05, 0.1) is 42.8 Å². The minimum atomic E-state index is -1.16. The Morgan fingerprint density at radius 1 is 0.681 bits per heavy atom. The maximum atomic E-state index is 14.1. The van der Waals surface area contributed by atoms with Gasteiger partial charge in [0.15, 0.2) is 11.6 Å². The van der Waals surface area contributed by atoms with Crippen molar-refractivity contribution in [2.75, 3.05) is 7.11 Å². The molecule has 0 aromatic heterocycles. The lowest BCUT2D eigenvalue weighted by atomic mass is 9.77. The Bertz CT molecular complexity index is 1570. The van der Waals surface area contributed by atoms with Crippen LogP contribution in [0.3, 0.4) is 0 Å². The molecule has 0 saturated carbocycles. The third kappa shape index (κ3) is 7.41. The number of hydrogen-bond donors (Lipinski definition) is 5. The molecule has 4 bridgehead atoms. The number of fused-ring (bicyclic) bond motifs is 15. The molecule has 10 nitrogen and oxygen atoms in total. The zero-order valence-corrected chi connectivity index (χ0v) is 28.9. The summed E-state index contributed by atoms with van der Waals surface area (Å²) in [6.45, 7) is 14.5. The Balaban J connectivity index is 2.23. The van der Waals surface area contributed by atoms with Crippen LogP contribution in [0.4, 0.5) is 0 Å². The molecule has 47 heavy (non-hydrogen) atoms. The Labute approximate surface area is 276 Å². The number of aliphatic hydroxyl groups is 4. The molecule has 0 unspecified atom stereocenters. The molecule has 0 saturated heterocycles. The SMILES string of the molecule is COc1c(C)cc2c3c1C(=O)/C(C)=C/[C@H](C)[C@H](O)[C@@H](C)[C@@H](O)[C@H](C)[C@H](O)[C@H](C)[C@H](O)[C@@H](C)/C=C\C=C(/C)C(=O)NC(=C(C)C3=O)C2=O. The molecular formula is C37H49NO9. The van der Waals surface area contributed by atoms with Gasteiger partial charge in [0.2, 0.25) is 5.78 Å². The van der Waals surface area contributed by atoms with Gasteiger partial charge in [-0.15, -0.1) is 0 Å². The van der Waals surface area contributed by atoms with Crippen molar-refractivity contribution in [1.82, 2.24) is 5.32 Å². The first-order chi connectivity index (χ1) is 21.9. The molecule has 5 N–H and O–H groups in total. The van der Waals surface area contributed by atoms with Crippen LogP contribution in [0.1, 0.15) is 92.0 Å². The summed E-state index contributed by atoms with van der Waals surface area (Å²) in [7, 11) is 1.36. The van der Waals surface area contributed by atoms with Crippen LogP contribution in [-0.4, -0.2) is 75.2 Å². The Morgan fingerprint density at radius 3 is 1.77 bits per heavy atom. The normalized spacial score (nSPS) is 34.7. The van der Waals surface area contributed by atoms with E-state index >= 15 is 0 Å². The number of carbonyl (C=O) groups excluding carboxylic acids is 4. The third-order valence-electron chi connectivity index (χ3n) is 9.85. The third-order valence-corrected chi connectivity index (χ3v) is 9.85. The molecule has 256 valence electrons. The smallest absolute Gasteiger partial charge is 0.251 e. The largest absolute Gasteiger partial charge is 0.496 e. The highest BCUT2D eigenvalue weighted by atomic mass is 16.5. The van der Waals surface area contributed by atoms with E-state index in [4.69, 9.17) is 4.74 Å². The van der Waals surface area contributed by atoms with Gasteiger partial charge in [-0.25, -0.2) is 0 Å². The topological polar surface area (TPSA) is 170 Å². The predicted octanol–water partition coefficient (Wildman–Crippen LogP) is 4.04. The monoisotopic (exact) mass is 651 g/mol. The van der Waals surface area contributed by atoms with Crippen LogP contribution in [0.15, 0.2) is 52.8 Å². The standard InChI is InChI=1S/C37H49NO9/c1-16-12-11-13-17(2)37(46)38-28-21(6)34(44)26-25(35(28)45)15-20(5)36(47-10)27(26)31(41)19(4)14-18(3)30(40)23(8)33(43)24(9)32(42)22(7)29(16)39/h11-16,18,22-24,29-30,32-33,39-40,42-43H,1-10H3,(H,38,46)/b12-11-,17-13+,19-14+/t16-,18-,22+,23+,24+,29+,30-,32+,33+/m0/s1. The summed E-state index contributed by atoms with van der Waals surface area (Å²) in [4.78, 5) is 54.9. The highest BCUT2D eigenvalue weighted by Gasteiger charge is 2.39. The van der Waals surface area contributed by atoms with E-state index in [1.54, 1.807) is 59.8 Å². The van der Waals surface area contributed by atoms with E-state index in [1.807, 2.05) is 0 Å². The second kappa shape index (κ2) is 15.0. The van der Waals surface area contributed by atoms with Crippen LogP contribution < -0.4 is 10.1 Å². The average molecular weight is 652 g/mol. The summed E-state index contributed by atoms with van der Waals surface area (Å²) in [6, 6.07) is 1.47. The number of ether oxygens (including phenoxy) is 1. The van der Waals surface area contributed by atoms with E-state index < -0.39 is 77.3 Å². The number of aryl methyl sites for hydroxylation is 1. The zero-order valence-electron chi connectivity index (χ0n) is 28.9. The molecule has 1 aromatic rings. The molecule has 4 rings (SSSR count). The van der Waals surface area contributed by atoms with Crippen LogP contribution in [-0.2, 0) is 4.79 Å². The number of hydrogen-bond acceptors (Lipinski definition) is 9. The molecule has 0 radical (unpaired) electrons. The van der Waals surface area contributed by atoms with Crippen molar-refractivity contribution in [3.8, 4) is 5.75 Å². The second-order valence-corrected chi connectivity index (χ2v) is 13.3. The summed E-state index contributed by atoms with van der Waals surface area (Å²) < 4.78 is 5.57. The Morgan fingerprint density at radius 2 is 1.21 bits per heavy atom. The molecule has 1 aliphatic carbocycles. The maximum absolute atomic E-state index is 14.1. The van der Waals surface area contributed by atoms with Gasteiger partial charge in [-0.2, -0.15) is 0 Å². The minimum absolute atomic E-state index is 0.0378. The number of rotatable bonds is 1. The summed E-state index contributed by atoms with van der Waals surface area (Å²) in [5.74, 6) is -5.51. The molecule has 2 heterocycles. The van der Waals surface area contributed by atoms with Gasteiger partial charge in [0.1, 0.15) is 5.75 Å². The van der Waals surface area contributed by atoms with Crippen LogP contribution in [0, 0.1) is 36.5 Å². The Hall–Kier alpha value is -3.70. The fraction of sp³-hybridized carbons (Fsp3) is 0.514. The molecule has 0 spiro atoms. The fourth-order valence-corrected chi connectivity index (χ4v) is 6.51. The van der Waals surface area contributed by atoms with Crippen molar-refractivity contribution >= 4 is 23.3 Å². The molecule has 1 amide bonds. The maximum Gasteiger partial charge on any atom is 0.251 e. The summed E-state index contributed by atoms with van der Waals surface area (Å²) in [6.07, 6.45) is 1.90. The molecule has 0 fully saturated rings. The van der Waals surface area contributed by atoms with Gasteiger partial charge < -0.3 is 30.5 Å². The molecular weight excluding hydrogens is 602 g/mol. The quantitative estimate of drug-likeness (QED) is 0.301. The lowest BCUT2D eigenvalue weighted by molar-refractivity contribution is -0.116. The summed E-state index contributed by atoms with van der Waals surface area (Å²) in [5.41, 5.74) is 0.348. The van der Waals surface area contributed by atoms with E-state index in [2.05, 4.69) is 5.32 Å². The van der Waals surface area contributed by atoms with Crippen molar-refractivity contribution in [2.24, 2.45) is 29.6 Å². The number of ketones is 3. The van der Waals surface area contributed by atoms with E-state index in [-0.39, 0.29) is 44.9 Å². The lowest BCUT2D eigenvalue weighted by Crippen LogP contribution is -2.45. The van der Waals surface area contributed by atoms with Crippen molar-refractivity contribution < 1.29 is 44.3 Å². The number of Topliss-reactive ketones (excluding diaryl/α,β-unsaturated/α-hetero) is 3. The van der Waals surface area contributed by atoms with Crippen molar-refractivity contribution in [1.29, 1.82) is 0 Å². The van der Waals surface area contributed by atoms with E-state index in [1.165, 1.54) is 40.0 Å². The molecule has 1 aromatic carbocycles. The van der Waals surface area contributed by atoms with E-state index in [9.17, 15) is 39.6 Å². The van der Waals surface area contributed by atoms with E-state index in [0.717, 1.165) is 0 Å². The molecule has 10 heteroatoms. The minimum Gasteiger partial charge on any atom is -0.496 e. The number of allylic oxidation sites excluding steroid dienone is 5. The second-order valence-electron chi connectivity index (χ2n) is 13.3. The number of amides is 1. The van der Waals surface area contributed by atoms with Gasteiger partial charge >= 0.3 is 0 Å². The summed E-state index contributed by atoms with van der Waals surface area (Å²) in [5, 5.41) is 47.1. The van der Waals surface area contributed by atoms with Gasteiger partial charge in [-0.05, 0) is 44.9 Å².